The first-order valence-corrected chi connectivity index (χ1v) is 10.1. The van der Waals surface area contributed by atoms with Gasteiger partial charge in [-0.3, -0.25) is 0 Å². The Labute approximate surface area is 159 Å². The molecule has 6 nitrogen and oxygen atoms in total. The molecule has 2 N–H and O–H groups in total. The quantitative estimate of drug-likeness (QED) is 0.817. The topological polar surface area (TPSA) is 70.2 Å². The summed E-state index contributed by atoms with van der Waals surface area (Å²) in [7, 11) is 0. The standard InChI is InChI=1S/C19H27N5OS/c1-3-20-18(25)21-13-16-8-10-24(11-9-16)19-22-17(23-26-19)12-15-6-4-14(2)5-7-15/h4-7,16H,3,8-13H2,1-2H3,(H2,20,21,25). The minimum atomic E-state index is -0.0696. The van der Waals surface area contributed by atoms with E-state index in [1.165, 1.54) is 22.7 Å². The second-order valence-electron chi connectivity index (χ2n) is 6.83. The van der Waals surface area contributed by atoms with Crippen molar-refractivity contribution in [3.63, 3.8) is 0 Å². The summed E-state index contributed by atoms with van der Waals surface area (Å²) in [5.74, 6) is 1.43. The highest BCUT2D eigenvalue weighted by molar-refractivity contribution is 7.09. The Balaban J connectivity index is 1.47. The van der Waals surface area contributed by atoms with Crippen molar-refractivity contribution in [2.45, 2.75) is 33.1 Å². The molecular weight excluding hydrogens is 346 g/mol. The molecule has 3 rings (SSSR count). The van der Waals surface area contributed by atoms with Gasteiger partial charge in [0.15, 0.2) is 0 Å². The molecule has 140 valence electrons. The molecule has 0 aliphatic carbocycles. The maximum Gasteiger partial charge on any atom is 0.314 e. The van der Waals surface area contributed by atoms with Crippen LogP contribution in [0.15, 0.2) is 24.3 Å². The van der Waals surface area contributed by atoms with E-state index in [1.807, 2.05) is 6.92 Å². The van der Waals surface area contributed by atoms with Gasteiger partial charge in [-0.25, -0.2) is 9.78 Å². The maximum absolute atomic E-state index is 11.5. The zero-order valence-electron chi connectivity index (χ0n) is 15.5. The van der Waals surface area contributed by atoms with Gasteiger partial charge in [0.05, 0.1) is 0 Å². The van der Waals surface area contributed by atoms with Crippen LogP contribution in [-0.2, 0) is 6.42 Å². The molecule has 1 aromatic carbocycles. The van der Waals surface area contributed by atoms with Gasteiger partial charge in [-0.05, 0) is 38.2 Å². The van der Waals surface area contributed by atoms with Crippen LogP contribution < -0.4 is 15.5 Å². The van der Waals surface area contributed by atoms with Gasteiger partial charge in [-0.15, -0.1) is 0 Å². The third-order valence-electron chi connectivity index (χ3n) is 4.71. The van der Waals surface area contributed by atoms with E-state index in [1.54, 1.807) is 0 Å². The van der Waals surface area contributed by atoms with Gasteiger partial charge in [0.2, 0.25) is 5.13 Å². The predicted molar refractivity (Wildman–Crippen MR) is 106 cm³/mol. The number of hydrogen-bond acceptors (Lipinski definition) is 5. The van der Waals surface area contributed by atoms with Crippen LogP contribution in [0.2, 0.25) is 0 Å². The van der Waals surface area contributed by atoms with Crippen LogP contribution in [0.1, 0.15) is 36.7 Å². The van der Waals surface area contributed by atoms with Crippen molar-refractivity contribution < 1.29 is 4.79 Å². The Morgan fingerprint density at radius 1 is 1.23 bits per heavy atom. The lowest BCUT2D eigenvalue weighted by atomic mass is 9.97. The molecule has 26 heavy (non-hydrogen) atoms. The molecule has 0 atom stereocenters. The smallest absolute Gasteiger partial charge is 0.314 e. The van der Waals surface area contributed by atoms with E-state index in [-0.39, 0.29) is 6.03 Å². The fraction of sp³-hybridized carbons (Fsp3) is 0.526. The number of carbonyl (C=O) groups is 1. The third-order valence-corrected chi connectivity index (χ3v) is 5.53. The summed E-state index contributed by atoms with van der Waals surface area (Å²) in [5.41, 5.74) is 2.51. The van der Waals surface area contributed by atoms with Gasteiger partial charge in [0, 0.05) is 44.1 Å². The number of benzene rings is 1. The average molecular weight is 374 g/mol. The minimum Gasteiger partial charge on any atom is -0.347 e. The highest BCUT2D eigenvalue weighted by atomic mass is 32.1. The number of nitrogens with zero attached hydrogens (tertiary/aromatic N) is 3. The lowest BCUT2D eigenvalue weighted by Crippen LogP contribution is -2.41. The number of carbonyl (C=O) groups excluding carboxylic acids is 1. The molecule has 1 aliphatic rings. The van der Waals surface area contributed by atoms with Crippen molar-refractivity contribution in [3.05, 3.63) is 41.2 Å². The Kier molecular flexibility index (Phi) is 6.44. The van der Waals surface area contributed by atoms with E-state index in [9.17, 15) is 4.79 Å². The number of aromatic nitrogens is 2. The number of amides is 2. The Bertz CT molecular complexity index is 707. The van der Waals surface area contributed by atoms with Gasteiger partial charge in [-0.1, -0.05) is 29.8 Å². The summed E-state index contributed by atoms with van der Waals surface area (Å²) in [6, 6.07) is 8.47. The summed E-state index contributed by atoms with van der Waals surface area (Å²) in [5, 5.41) is 6.73. The number of hydrogen-bond donors (Lipinski definition) is 2. The van der Waals surface area contributed by atoms with Crippen LogP contribution in [0.4, 0.5) is 9.93 Å². The average Bonchev–Trinajstić information content (AvgIpc) is 3.11. The maximum atomic E-state index is 11.5. The van der Waals surface area contributed by atoms with Crippen molar-refractivity contribution in [1.29, 1.82) is 0 Å². The zero-order valence-corrected chi connectivity index (χ0v) is 16.3. The molecule has 1 aliphatic heterocycles. The number of aryl methyl sites for hydroxylation is 1. The molecule has 2 aromatic rings. The molecule has 0 unspecified atom stereocenters. The van der Waals surface area contributed by atoms with Crippen molar-refractivity contribution in [3.8, 4) is 0 Å². The molecule has 1 fully saturated rings. The Morgan fingerprint density at radius 3 is 2.65 bits per heavy atom. The largest absolute Gasteiger partial charge is 0.347 e. The summed E-state index contributed by atoms with van der Waals surface area (Å²) < 4.78 is 4.53. The van der Waals surface area contributed by atoms with Crippen molar-refractivity contribution in [2.75, 3.05) is 31.1 Å². The van der Waals surface area contributed by atoms with Gasteiger partial charge in [-0.2, -0.15) is 4.37 Å². The molecule has 0 bridgehead atoms. The molecule has 0 radical (unpaired) electrons. The number of urea groups is 1. The third kappa shape index (κ3) is 5.17. The molecular formula is C19H27N5OS. The second kappa shape index (κ2) is 8.98. The molecule has 0 spiro atoms. The highest BCUT2D eigenvalue weighted by Gasteiger charge is 2.22. The second-order valence-corrected chi connectivity index (χ2v) is 7.56. The van der Waals surface area contributed by atoms with Crippen LogP contribution in [0.25, 0.3) is 0 Å². The van der Waals surface area contributed by atoms with E-state index in [2.05, 4.69) is 51.1 Å². The number of nitrogens with one attached hydrogen (secondary N) is 2. The zero-order chi connectivity index (χ0) is 18.4. The van der Waals surface area contributed by atoms with E-state index >= 15 is 0 Å². The van der Waals surface area contributed by atoms with Crippen molar-refractivity contribution >= 4 is 22.7 Å². The molecule has 7 heteroatoms. The van der Waals surface area contributed by atoms with E-state index in [0.29, 0.717) is 12.5 Å². The molecule has 1 saturated heterocycles. The van der Waals surface area contributed by atoms with E-state index in [0.717, 1.165) is 49.9 Å². The normalized spacial score (nSPS) is 15.1. The summed E-state index contributed by atoms with van der Waals surface area (Å²) >= 11 is 1.49. The molecule has 1 aromatic heterocycles. The van der Waals surface area contributed by atoms with Crippen LogP contribution in [0, 0.1) is 12.8 Å². The summed E-state index contributed by atoms with van der Waals surface area (Å²) in [4.78, 5) is 18.5. The van der Waals surface area contributed by atoms with E-state index < -0.39 is 0 Å². The lowest BCUT2D eigenvalue weighted by Gasteiger charge is -2.31. The van der Waals surface area contributed by atoms with E-state index in [4.69, 9.17) is 4.98 Å². The summed E-state index contributed by atoms with van der Waals surface area (Å²) in [6.07, 6.45) is 2.92. The Morgan fingerprint density at radius 2 is 1.96 bits per heavy atom. The van der Waals surface area contributed by atoms with Crippen molar-refractivity contribution in [2.24, 2.45) is 5.92 Å². The lowest BCUT2D eigenvalue weighted by molar-refractivity contribution is 0.238. The van der Waals surface area contributed by atoms with Crippen LogP contribution in [-0.4, -0.2) is 41.6 Å². The summed E-state index contributed by atoms with van der Waals surface area (Å²) in [6.45, 7) is 7.37. The fourth-order valence-corrected chi connectivity index (χ4v) is 3.86. The van der Waals surface area contributed by atoms with Gasteiger partial charge >= 0.3 is 6.03 Å². The predicted octanol–water partition coefficient (Wildman–Crippen LogP) is 2.97. The first-order chi connectivity index (χ1) is 12.6. The first-order valence-electron chi connectivity index (χ1n) is 9.29. The Hall–Kier alpha value is -2.15. The highest BCUT2D eigenvalue weighted by Crippen LogP contribution is 2.25. The SMILES string of the molecule is CCNC(=O)NCC1CCN(c2nc(Cc3ccc(C)cc3)ns2)CC1. The molecule has 2 amide bonds. The van der Waals surface area contributed by atoms with Gasteiger partial charge in [0.25, 0.3) is 0 Å². The van der Waals surface area contributed by atoms with Crippen LogP contribution >= 0.6 is 11.5 Å². The number of piperidine rings is 1. The van der Waals surface area contributed by atoms with Gasteiger partial charge in [0.1, 0.15) is 5.82 Å². The number of rotatable bonds is 6. The monoisotopic (exact) mass is 373 g/mol. The first kappa shape index (κ1) is 18.6. The van der Waals surface area contributed by atoms with Gasteiger partial charge < -0.3 is 15.5 Å². The fourth-order valence-electron chi connectivity index (χ4n) is 3.12. The van der Waals surface area contributed by atoms with Crippen molar-refractivity contribution in [1.82, 2.24) is 20.0 Å². The minimum absolute atomic E-state index is 0.0696. The van der Waals surface area contributed by atoms with Crippen LogP contribution in [0.3, 0.4) is 0 Å². The number of anilines is 1. The molecule has 2 heterocycles. The van der Waals surface area contributed by atoms with Crippen LogP contribution in [0.5, 0.6) is 0 Å². The molecule has 0 saturated carbocycles.